The SMILES string of the molecule is CCCCCC(C)(C)OC(=O)c1cc(Cl)c(Br)cc1C(=O)OC(C)(C)CCCCC. The lowest BCUT2D eigenvalue weighted by Gasteiger charge is -2.27. The molecule has 30 heavy (non-hydrogen) atoms. The normalized spacial score (nSPS) is 12.0. The number of esters is 2. The fourth-order valence-corrected chi connectivity index (χ4v) is 3.71. The maximum atomic E-state index is 13.0. The number of hydrogen-bond acceptors (Lipinski definition) is 4. The first kappa shape index (κ1) is 27.0. The first-order valence-electron chi connectivity index (χ1n) is 10.9. The fraction of sp³-hybridized carbons (Fsp3) is 0.667. The Balaban J connectivity index is 3.06. The second-order valence-corrected chi connectivity index (χ2v) is 10.3. The Morgan fingerprint density at radius 1 is 0.833 bits per heavy atom. The van der Waals surface area contributed by atoms with Crippen LogP contribution < -0.4 is 0 Å². The van der Waals surface area contributed by atoms with Gasteiger partial charge in [-0.25, -0.2) is 9.59 Å². The topological polar surface area (TPSA) is 52.6 Å². The lowest BCUT2D eigenvalue weighted by atomic mass is 9.99. The minimum absolute atomic E-state index is 0.126. The van der Waals surface area contributed by atoms with Crippen molar-refractivity contribution in [1.82, 2.24) is 0 Å². The second kappa shape index (κ2) is 12.1. The van der Waals surface area contributed by atoms with Gasteiger partial charge in [-0.1, -0.05) is 51.1 Å². The zero-order chi connectivity index (χ0) is 22.9. The van der Waals surface area contributed by atoms with Gasteiger partial charge < -0.3 is 9.47 Å². The summed E-state index contributed by atoms with van der Waals surface area (Å²) in [5, 5.41) is 0.337. The maximum absolute atomic E-state index is 13.0. The van der Waals surface area contributed by atoms with Gasteiger partial charge in [0.25, 0.3) is 0 Å². The Bertz CT molecular complexity index is 667. The van der Waals surface area contributed by atoms with Crippen molar-refractivity contribution < 1.29 is 19.1 Å². The zero-order valence-corrected chi connectivity index (χ0v) is 21.5. The minimum atomic E-state index is -0.633. The lowest BCUT2D eigenvalue weighted by molar-refractivity contribution is -0.0102. The van der Waals surface area contributed by atoms with Crippen LogP contribution in [0.2, 0.25) is 5.02 Å². The summed E-state index contributed by atoms with van der Waals surface area (Å²) in [5.74, 6) is -1.12. The molecule has 6 heteroatoms. The van der Waals surface area contributed by atoms with Crippen molar-refractivity contribution in [2.24, 2.45) is 0 Å². The molecule has 0 aliphatic heterocycles. The molecule has 0 atom stereocenters. The van der Waals surface area contributed by atoms with E-state index in [-0.39, 0.29) is 11.1 Å². The Hall–Kier alpha value is -1.07. The van der Waals surface area contributed by atoms with E-state index in [0.29, 0.717) is 9.50 Å². The van der Waals surface area contributed by atoms with Crippen molar-refractivity contribution in [3.63, 3.8) is 0 Å². The van der Waals surface area contributed by atoms with E-state index >= 15 is 0 Å². The Labute approximate surface area is 195 Å². The van der Waals surface area contributed by atoms with Crippen LogP contribution in [0.4, 0.5) is 0 Å². The van der Waals surface area contributed by atoms with Gasteiger partial charge in [-0.15, -0.1) is 0 Å². The van der Waals surface area contributed by atoms with Crippen molar-refractivity contribution in [1.29, 1.82) is 0 Å². The summed E-state index contributed by atoms with van der Waals surface area (Å²) in [5.41, 5.74) is -0.976. The first-order chi connectivity index (χ1) is 13.9. The van der Waals surface area contributed by atoms with E-state index in [1.54, 1.807) is 0 Å². The van der Waals surface area contributed by atoms with Gasteiger partial charge in [0.15, 0.2) is 0 Å². The molecule has 0 radical (unpaired) electrons. The molecule has 1 aromatic rings. The predicted octanol–water partition coefficient (Wildman–Crippen LogP) is 8.13. The maximum Gasteiger partial charge on any atom is 0.339 e. The molecule has 0 saturated carbocycles. The van der Waals surface area contributed by atoms with Gasteiger partial charge in [-0.3, -0.25) is 0 Å². The third-order valence-electron chi connectivity index (χ3n) is 5.00. The molecule has 0 heterocycles. The van der Waals surface area contributed by atoms with Crippen LogP contribution in [0.3, 0.4) is 0 Å². The van der Waals surface area contributed by atoms with Crippen LogP contribution >= 0.6 is 27.5 Å². The lowest BCUT2D eigenvalue weighted by Crippen LogP contribution is -2.31. The number of hydrogen-bond donors (Lipinski definition) is 0. The Morgan fingerprint density at radius 3 is 1.63 bits per heavy atom. The summed E-state index contributed by atoms with van der Waals surface area (Å²) in [6.07, 6.45) is 7.80. The van der Waals surface area contributed by atoms with Crippen molar-refractivity contribution in [3.05, 3.63) is 32.8 Å². The number of carbonyl (C=O) groups is 2. The molecule has 0 aliphatic rings. The van der Waals surface area contributed by atoms with Crippen LogP contribution in [0.15, 0.2) is 16.6 Å². The largest absolute Gasteiger partial charge is 0.456 e. The summed E-state index contributed by atoms with van der Waals surface area (Å²) in [6.45, 7) is 11.8. The highest BCUT2D eigenvalue weighted by molar-refractivity contribution is 9.10. The third kappa shape index (κ3) is 8.97. The van der Waals surface area contributed by atoms with Crippen molar-refractivity contribution in [3.8, 4) is 0 Å². The predicted molar refractivity (Wildman–Crippen MR) is 126 cm³/mol. The minimum Gasteiger partial charge on any atom is -0.456 e. The van der Waals surface area contributed by atoms with Gasteiger partial charge in [0.2, 0.25) is 0 Å². The molecule has 0 spiro atoms. The number of halogens is 2. The van der Waals surface area contributed by atoms with Gasteiger partial charge in [0.1, 0.15) is 11.2 Å². The molecule has 1 aromatic carbocycles. The Kier molecular flexibility index (Phi) is 10.9. The Morgan fingerprint density at radius 2 is 1.23 bits per heavy atom. The molecule has 0 N–H and O–H groups in total. The summed E-state index contributed by atoms with van der Waals surface area (Å²) in [4.78, 5) is 25.9. The van der Waals surface area contributed by atoms with Crippen LogP contribution in [0.1, 0.15) is 114 Å². The summed E-state index contributed by atoms with van der Waals surface area (Å²) in [6, 6.07) is 3.00. The first-order valence-corrected chi connectivity index (χ1v) is 12.0. The van der Waals surface area contributed by atoms with Crippen molar-refractivity contribution >= 4 is 39.5 Å². The van der Waals surface area contributed by atoms with Gasteiger partial charge in [0, 0.05) is 4.47 Å². The zero-order valence-electron chi connectivity index (χ0n) is 19.2. The number of unbranched alkanes of at least 4 members (excludes halogenated alkanes) is 4. The van der Waals surface area contributed by atoms with Crippen LogP contribution in [0.5, 0.6) is 0 Å². The van der Waals surface area contributed by atoms with E-state index in [2.05, 4.69) is 29.8 Å². The number of benzene rings is 1. The van der Waals surface area contributed by atoms with Gasteiger partial charge in [-0.05, 0) is 81.4 Å². The molecule has 0 aromatic heterocycles. The van der Waals surface area contributed by atoms with E-state index in [4.69, 9.17) is 21.1 Å². The number of carbonyl (C=O) groups excluding carboxylic acids is 2. The quantitative estimate of drug-likeness (QED) is 0.213. The van der Waals surface area contributed by atoms with E-state index < -0.39 is 23.1 Å². The standard InChI is InChI=1S/C24H36BrClO4/c1-7-9-11-13-23(3,4)29-21(27)17-15-19(25)20(26)16-18(17)22(28)30-24(5,6)14-12-10-8-2/h15-16H,7-14H2,1-6H3. The molecule has 4 nitrogen and oxygen atoms in total. The molecular formula is C24H36BrClO4. The van der Waals surface area contributed by atoms with Crippen LogP contribution in [0.25, 0.3) is 0 Å². The average Bonchev–Trinajstić information content (AvgIpc) is 2.62. The molecule has 0 saturated heterocycles. The van der Waals surface area contributed by atoms with Crippen LogP contribution in [-0.2, 0) is 9.47 Å². The third-order valence-corrected chi connectivity index (χ3v) is 6.20. The molecule has 0 aliphatic carbocycles. The summed E-state index contributed by atoms with van der Waals surface area (Å²) in [7, 11) is 0. The van der Waals surface area contributed by atoms with E-state index in [0.717, 1.165) is 51.4 Å². The smallest absolute Gasteiger partial charge is 0.339 e. The number of rotatable bonds is 12. The highest BCUT2D eigenvalue weighted by Crippen LogP contribution is 2.30. The second-order valence-electron chi connectivity index (χ2n) is 9.02. The van der Waals surface area contributed by atoms with Gasteiger partial charge >= 0.3 is 11.9 Å². The molecule has 0 bridgehead atoms. The van der Waals surface area contributed by atoms with Gasteiger partial charge in [-0.2, -0.15) is 0 Å². The van der Waals surface area contributed by atoms with Crippen LogP contribution in [0, 0.1) is 0 Å². The highest BCUT2D eigenvalue weighted by atomic mass is 79.9. The molecule has 0 amide bonds. The summed E-state index contributed by atoms with van der Waals surface area (Å²) >= 11 is 9.56. The van der Waals surface area contributed by atoms with Gasteiger partial charge in [0.05, 0.1) is 16.1 Å². The van der Waals surface area contributed by atoms with E-state index in [9.17, 15) is 9.59 Å². The van der Waals surface area contributed by atoms with Crippen LogP contribution in [-0.4, -0.2) is 23.1 Å². The molecule has 170 valence electrons. The summed E-state index contributed by atoms with van der Waals surface area (Å²) < 4.78 is 12.0. The fourth-order valence-electron chi connectivity index (χ4n) is 3.20. The molecule has 0 unspecified atom stereocenters. The molecule has 1 rings (SSSR count). The molecule has 0 fully saturated rings. The highest BCUT2D eigenvalue weighted by Gasteiger charge is 2.30. The van der Waals surface area contributed by atoms with Crippen molar-refractivity contribution in [2.75, 3.05) is 0 Å². The van der Waals surface area contributed by atoms with E-state index in [1.807, 2.05) is 27.7 Å². The van der Waals surface area contributed by atoms with E-state index in [1.165, 1.54) is 12.1 Å². The molecular weight excluding hydrogens is 468 g/mol. The average molecular weight is 504 g/mol. The monoisotopic (exact) mass is 502 g/mol. The van der Waals surface area contributed by atoms with Crippen molar-refractivity contribution in [2.45, 2.75) is 104 Å². The number of ether oxygens (including phenoxy) is 2.